The quantitative estimate of drug-likeness (QED) is 0.532. The molecule has 0 aliphatic carbocycles. The van der Waals surface area contributed by atoms with Gasteiger partial charge in [0.1, 0.15) is 18.5 Å². The maximum absolute atomic E-state index is 13.0. The number of benzene rings is 3. The number of nitrogens with zero attached hydrogens (tertiary/aromatic N) is 2. The molecule has 1 atom stereocenters. The Labute approximate surface area is 202 Å². The molecule has 0 saturated carbocycles. The van der Waals surface area contributed by atoms with E-state index in [1.807, 2.05) is 62.4 Å². The van der Waals surface area contributed by atoms with Gasteiger partial charge in [-0.15, -0.1) is 0 Å². The Morgan fingerprint density at radius 2 is 1.50 bits per heavy atom. The minimum Gasteiger partial charge on any atom is -0.491 e. The predicted octanol–water partition coefficient (Wildman–Crippen LogP) is 3.72. The van der Waals surface area contributed by atoms with Crippen LogP contribution in [0, 0.1) is 13.8 Å². The number of sulfonamides is 1. The van der Waals surface area contributed by atoms with Gasteiger partial charge in [0.05, 0.1) is 4.90 Å². The Hall–Kier alpha value is -2.71. The van der Waals surface area contributed by atoms with Gasteiger partial charge in [-0.3, -0.25) is 4.90 Å². The van der Waals surface area contributed by atoms with Crippen LogP contribution in [0.25, 0.3) is 11.1 Å². The van der Waals surface area contributed by atoms with Crippen LogP contribution in [0.4, 0.5) is 0 Å². The van der Waals surface area contributed by atoms with E-state index in [1.165, 1.54) is 4.31 Å². The number of β-amino-alcohol motifs (C(OH)–C–C–N with tert-alkyl or cyclic N) is 1. The molecule has 1 aliphatic rings. The van der Waals surface area contributed by atoms with E-state index in [-0.39, 0.29) is 6.61 Å². The van der Waals surface area contributed by atoms with Crippen molar-refractivity contribution in [2.24, 2.45) is 0 Å². The fourth-order valence-corrected chi connectivity index (χ4v) is 5.60. The van der Waals surface area contributed by atoms with E-state index in [4.69, 9.17) is 4.74 Å². The third-order valence-corrected chi connectivity index (χ3v) is 8.21. The standard InChI is InChI=1S/C27H32N2O4S/c1-21-8-13-27(18-22(21)2)34(31,32)29-16-14-28(15-17-29)19-25(30)20-33-26-11-9-24(10-12-26)23-6-4-3-5-7-23/h3-13,18,25,30H,14-17,19-20H2,1-2H3. The number of aliphatic hydroxyl groups excluding tert-OH is 1. The molecule has 1 fully saturated rings. The predicted molar refractivity (Wildman–Crippen MR) is 134 cm³/mol. The topological polar surface area (TPSA) is 70.1 Å². The third-order valence-electron chi connectivity index (χ3n) is 6.32. The van der Waals surface area contributed by atoms with Crippen LogP contribution in [0.1, 0.15) is 11.1 Å². The summed E-state index contributed by atoms with van der Waals surface area (Å²) in [7, 11) is -3.50. The highest BCUT2D eigenvalue weighted by molar-refractivity contribution is 7.89. The van der Waals surface area contributed by atoms with Crippen LogP contribution in [0.15, 0.2) is 77.7 Å². The second kappa shape index (κ2) is 10.7. The summed E-state index contributed by atoms with van der Waals surface area (Å²) < 4.78 is 33.3. The molecule has 3 aromatic rings. The molecule has 6 nitrogen and oxygen atoms in total. The van der Waals surface area contributed by atoms with Crippen molar-refractivity contribution in [1.82, 2.24) is 9.21 Å². The molecule has 0 amide bonds. The van der Waals surface area contributed by atoms with Crippen LogP contribution in [0.5, 0.6) is 5.75 Å². The molecule has 4 rings (SSSR count). The van der Waals surface area contributed by atoms with Gasteiger partial charge in [-0.05, 0) is 60.4 Å². The zero-order chi connectivity index (χ0) is 24.1. The Morgan fingerprint density at radius 1 is 0.853 bits per heavy atom. The number of rotatable bonds is 8. The first-order valence-corrected chi connectivity index (χ1v) is 13.0. The van der Waals surface area contributed by atoms with Gasteiger partial charge in [0.15, 0.2) is 0 Å². The lowest BCUT2D eigenvalue weighted by Crippen LogP contribution is -2.50. The highest BCUT2D eigenvalue weighted by atomic mass is 32.2. The number of aryl methyl sites for hydroxylation is 2. The van der Waals surface area contributed by atoms with Crippen molar-refractivity contribution in [2.75, 3.05) is 39.3 Å². The number of piperazine rings is 1. The summed E-state index contributed by atoms with van der Waals surface area (Å²) in [5.41, 5.74) is 4.31. The fourth-order valence-electron chi connectivity index (χ4n) is 4.09. The molecule has 34 heavy (non-hydrogen) atoms. The molecule has 180 valence electrons. The van der Waals surface area contributed by atoms with Crippen LogP contribution in [0.2, 0.25) is 0 Å². The molecule has 0 spiro atoms. The van der Waals surface area contributed by atoms with E-state index in [2.05, 4.69) is 17.0 Å². The first-order chi connectivity index (χ1) is 16.3. The lowest BCUT2D eigenvalue weighted by Gasteiger charge is -2.34. The number of ether oxygens (including phenoxy) is 1. The smallest absolute Gasteiger partial charge is 0.243 e. The maximum atomic E-state index is 13.0. The van der Waals surface area contributed by atoms with Gasteiger partial charge in [0.2, 0.25) is 10.0 Å². The van der Waals surface area contributed by atoms with Gasteiger partial charge >= 0.3 is 0 Å². The summed E-state index contributed by atoms with van der Waals surface area (Å²) in [6, 6.07) is 23.2. The maximum Gasteiger partial charge on any atom is 0.243 e. The summed E-state index contributed by atoms with van der Waals surface area (Å²) >= 11 is 0. The average molecular weight is 481 g/mol. The van der Waals surface area contributed by atoms with Gasteiger partial charge in [-0.1, -0.05) is 48.5 Å². The molecule has 1 aliphatic heterocycles. The lowest BCUT2D eigenvalue weighted by atomic mass is 10.1. The Kier molecular flexibility index (Phi) is 7.68. The molecule has 1 unspecified atom stereocenters. The molecule has 1 N–H and O–H groups in total. The molecule has 3 aromatic carbocycles. The monoisotopic (exact) mass is 480 g/mol. The van der Waals surface area contributed by atoms with E-state index >= 15 is 0 Å². The number of hydrogen-bond acceptors (Lipinski definition) is 5. The van der Waals surface area contributed by atoms with Gasteiger partial charge in [0, 0.05) is 32.7 Å². The Morgan fingerprint density at radius 3 is 2.15 bits per heavy atom. The van der Waals surface area contributed by atoms with E-state index in [1.54, 1.807) is 12.1 Å². The number of hydrogen-bond donors (Lipinski definition) is 1. The Balaban J connectivity index is 1.24. The SMILES string of the molecule is Cc1ccc(S(=O)(=O)N2CCN(CC(O)COc3ccc(-c4ccccc4)cc3)CC2)cc1C. The fraction of sp³-hybridized carbons (Fsp3) is 0.333. The summed E-state index contributed by atoms with van der Waals surface area (Å²) in [6.07, 6.45) is -0.656. The molecule has 1 heterocycles. The summed E-state index contributed by atoms with van der Waals surface area (Å²) in [5.74, 6) is 0.711. The molecule has 0 bridgehead atoms. The first kappa shape index (κ1) is 24.4. The highest BCUT2D eigenvalue weighted by Gasteiger charge is 2.29. The van der Waals surface area contributed by atoms with Crippen molar-refractivity contribution >= 4 is 10.0 Å². The van der Waals surface area contributed by atoms with Crippen molar-refractivity contribution in [1.29, 1.82) is 0 Å². The van der Waals surface area contributed by atoms with Crippen LogP contribution in [-0.4, -0.2) is 68.2 Å². The van der Waals surface area contributed by atoms with Crippen molar-refractivity contribution < 1.29 is 18.3 Å². The minimum absolute atomic E-state index is 0.186. The summed E-state index contributed by atoms with van der Waals surface area (Å²) in [5, 5.41) is 10.5. The van der Waals surface area contributed by atoms with Crippen LogP contribution in [0.3, 0.4) is 0 Å². The largest absolute Gasteiger partial charge is 0.491 e. The third kappa shape index (κ3) is 5.85. The van der Waals surface area contributed by atoms with E-state index in [0.717, 1.165) is 22.3 Å². The second-order valence-corrected chi connectivity index (χ2v) is 10.7. The molecule has 1 saturated heterocycles. The average Bonchev–Trinajstić information content (AvgIpc) is 2.85. The van der Waals surface area contributed by atoms with Crippen LogP contribution >= 0.6 is 0 Å². The highest BCUT2D eigenvalue weighted by Crippen LogP contribution is 2.23. The van der Waals surface area contributed by atoms with Gasteiger partial charge in [-0.25, -0.2) is 8.42 Å². The number of aliphatic hydroxyl groups is 1. The van der Waals surface area contributed by atoms with Crippen molar-refractivity contribution in [3.05, 3.63) is 83.9 Å². The van der Waals surface area contributed by atoms with Crippen molar-refractivity contribution in [2.45, 2.75) is 24.8 Å². The molecular formula is C27H32N2O4S. The summed E-state index contributed by atoms with van der Waals surface area (Å²) in [4.78, 5) is 2.43. The minimum atomic E-state index is -3.50. The van der Waals surface area contributed by atoms with E-state index in [0.29, 0.717) is 43.4 Å². The first-order valence-electron chi connectivity index (χ1n) is 11.6. The zero-order valence-electron chi connectivity index (χ0n) is 19.7. The Bertz CT molecular complexity index is 1190. The second-order valence-electron chi connectivity index (χ2n) is 8.81. The van der Waals surface area contributed by atoms with Gasteiger partial charge in [0.25, 0.3) is 0 Å². The molecular weight excluding hydrogens is 448 g/mol. The van der Waals surface area contributed by atoms with E-state index in [9.17, 15) is 13.5 Å². The molecule has 0 radical (unpaired) electrons. The normalized spacial score (nSPS) is 16.3. The molecule has 0 aromatic heterocycles. The molecule has 7 heteroatoms. The van der Waals surface area contributed by atoms with E-state index < -0.39 is 16.1 Å². The lowest BCUT2D eigenvalue weighted by molar-refractivity contribution is 0.0569. The van der Waals surface area contributed by atoms with Gasteiger partial charge in [-0.2, -0.15) is 4.31 Å². The van der Waals surface area contributed by atoms with Gasteiger partial charge < -0.3 is 9.84 Å². The summed E-state index contributed by atoms with van der Waals surface area (Å²) in [6.45, 7) is 6.49. The van der Waals surface area contributed by atoms with Crippen molar-refractivity contribution in [3.63, 3.8) is 0 Å². The van der Waals surface area contributed by atoms with Crippen LogP contribution in [-0.2, 0) is 10.0 Å². The zero-order valence-corrected chi connectivity index (χ0v) is 20.5. The van der Waals surface area contributed by atoms with Crippen LogP contribution < -0.4 is 4.74 Å². The van der Waals surface area contributed by atoms with Crippen molar-refractivity contribution in [3.8, 4) is 16.9 Å².